The Hall–Kier alpha value is -3.26. The lowest BCUT2D eigenvalue weighted by Crippen LogP contribution is -2.30. The molecule has 0 atom stereocenters. The molecule has 7 nitrogen and oxygen atoms in total. The first-order valence-electron chi connectivity index (χ1n) is 20.7. The lowest BCUT2D eigenvalue weighted by Gasteiger charge is -2.37. The number of anilines is 1. The highest BCUT2D eigenvalue weighted by atomic mass is 32.1. The molecule has 4 aliphatic carbocycles. The first-order chi connectivity index (χ1) is 25.4. The van der Waals surface area contributed by atoms with Gasteiger partial charge in [-0.25, -0.2) is 4.98 Å². The van der Waals surface area contributed by atoms with Crippen LogP contribution in [0, 0.1) is 47.3 Å². The highest BCUT2D eigenvalue weighted by Gasteiger charge is 2.35. The molecule has 280 valence electrons. The van der Waals surface area contributed by atoms with Gasteiger partial charge in [-0.1, -0.05) is 75.8 Å². The summed E-state index contributed by atoms with van der Waals surface area (Å²) in [6.07, 6.45) is 23.2. The molecule has 0 amide bonds. The maximum absolute atomic E-state index is 13.5. The Labute approximate surface area is 314 Å². The molecular weight excluding hydrogens is 667 g/mol. The fourth-order valence-electron chi connectivity index (χ4n) is 10.0. The molecule has 0 bridgehead atoms. The van der Waals surface area contributed by atoms with Crippen LogP contribution >= 0.6 is 11.3 Å². The van der Waals surface area contributed by atoms with Crippen molar-refractivity contribution >= 4 is 44.8 Å². The van der Waals surface area contributed by atoms with E-state index >= 15 is 0 Å². The van der Waals surface area contributed by atoms with Gasteiger partial charge in [0.1, 0.15) is 11.5 Å². The molecule has 52 heavy (non-hydrogen) atoms. The third-order valence-corrected chi connectivity index (χ3v) is 14.5. The Morgan fingerprint density at radius 1 is 0.712 bits per heavy atom. The molecule has 7 rings (SSSR count). The predicted octanol–water partition coefficient (Wildman–Crippen LogP) is 11.6. The van der Waals surface area contributed by atoms with Crippen LogP contribution in [-0.2, 0) is 9.59 Å². The number of rotatable bonds is 11. The van der Waals surface area contributed by atoms with Gasteiger partial charge in [0, 0.05) is 5.56 Å². The summed E-state index contributed by atoms with van der Waals surface area (Å²) in [5.41, 5.74) is 4.54. The van der Waals surface area contributed by atoms with E-state index in [4.69, 9.17) is 9.47 Å². The summed E-state index contributed by atoms with van der Waals surface area (Å²) in [6, 6.07) is 13.2. The molecule has 0 radical (unpaired) electrons. The first kappa shape index (κ1) is 37.1. The van der Waals surface area contributed by atoms with E-state index in [1.807, 2.05) is 24.3 Å². The van der Waals surface area contributed by atoms with Crippen molar-refractivity contribution < 1.29 is 19.1 Å². The van der Waals surface area contributed by atoms with Gasteiger partial charge in [0.25, 0.3) is 0 Å². The number of esters is 2. The zero-order valence-corrected chi connectivity index (χ0v) is 32.2. The van der Waals surface area contributed by atoms with E-state index in [1.165, 1.54) is 75.5 Å². The zero-order valence-electron chi connectivity index (χ0n) is 31.4. The number of hydrogen-bond donors (Lipinski definition) is 1. The Morgan fingerprint density at radius 2 is 1.23 bits per heavy atom. The number of benzene rings is 2. The lowest BCUT2D eigenvalue weighted by atomic mass is 9.69. The molecule has 2 aromatic carbocycles. The predicted molar refractivity (Wildman–Crippen MR) is 211 cm³/mol. The summed E-state index contributed by atoms with van der Waals surface area (Å²) in [4.78, 5) is 31.6. The summed E-state index contributed by atoms with van der Waals surface area (Å²) in [6.45, 7) is 4.64. The van der Waals surface area contributed by atoms with Crippen LogP contribution in [0.1, 0.15) is 135 Å². The molecule has 0 unspecified atom stereocenters. The number of thiazole rings is 1. The van der Waals surface area contributed by atoms with Crippen LogP contribution in [0.4, 0.5) is 5.13 Å². The van der Waals surface area contributed by atoms with Crippen molar-refractivity contribution in [2.75, 3.05) is 5.43 Å². The van der Waals surface area contributed by atoms with Gasteiger partial charge in [0.15, 0.2) is 0 Å². The van der Waals surface area contributed by atoms with E-state index in [0.29, 0.717) is 22.2 Å². The van der Waals surface area contributed by atoms with E-state index in [1.54, 1.807) is 24.4 Å². The molecular formula is C44H59N3O4S. The van der Waals surface area contributed by atoms with Crippen molar-refractivity contribution in [3.8, 4) is 11.5 Å². The molecule has 0 spiro atoms. The van der Waals surface area contributed by atoms with Crippen LogP contribution in [0.5, 0.6) is 11.5 Å². The number of aromatic nitrogens is 1. The smallest absolute Gasteiger partial charge is 0.314 e. The molecule has 4 fully saturated rings. The van der Waals surface area contributed by atoms with Gasteiger partial charge in [-0.3, -0.25) is 15.0 Å². The maximum atomic E-state index is 13.5. The quantitative estimate of drug-likeness (QED) is 0.0916. The first-order valence-corrected chi connectivity index (χ1v) is 21.5. The fraction of sp³-hybridized carbons (Fsp3) is 0.636. The summed E-state index contributed by atoms with van der Waals surface area (Å²) in [5.74, 6) is 5.33. The highest BCUT2D eigenvalue weighted by molar-refractivity contribution is 7.22. The Kier molecular flexibility index (Phi) is 12.6. The van der Waals surface area contributed by atoms with Gasteiger partial charge in [0.2, 0.25) is 5.13 Å². The second-order valence-corrected chi connectivity index (χ2v) is 17.5. The summed E-state index contributed by atoms with van der Waals surface area (Å²) >= 11 is 1.52. The number of carbonyl (C=O) groups is 2. The Balaban J connectivity index is 0.976. The number of fused-ring (bicyclic) bond motifs is 1. The number of hydrazone groups is 1. The minimum atomic E-state index is -0.174. The van der Waals surface area contributed by atoms with Crippen molar-refractivity contribution in [2.24, 2.45) is 52.4 Å². The number of hydrogen-bond acceptors (Lipinski definition) is 8. The van der Waals surface area contributed by atoms with Crippen LogP contribution in [0.25, 0.3) is 10.2 Å². The minimum absolute atomic E-state index is 0.0737. The molecule has 0 aliphatic heterocycles. The van der Waals surface area contributed by atoms with E-state index < -0.39 is 0 Å². The summed E-state index contributed by atoms with van der Waals surface area (Å²) in [5, 5.41) is 5.15. The van der Waals surface area contributed by atoms with Gasteiger partial charge in [-0.2, -0.15) is 5.10 Å². The average Bonchev–Trinajstić information content (AvgIpc) is 3.62. The normalized spacial score (nSPS) is 29.9. The number of nitrogens with zero attached hydrogens (tertiary/aromatic N) is 2. The molecule has 4 aliphatic rings. The van der Waals surface area contributed by atoms with Crippen LogP contribution in [0.3, 0.4) is 0 Å². The Morgan fingerprint density at radius 3 is 1.77 bits per heavy atom. The average molecular weight is 726 g/mol. The topological polar surface area (TPSA) is 89.9 Å². The number of para-hydroxylation sites is 1. The van der Waals surface area contributed by atoms with E-state index in [0.717, 1.165) is 97.1 Å². The highest BCUT2D eigenvalue weighted by Crippen LogP contribution is 2.44. The molecule has 1 N–H and O–H groups in total. The molecule has 4 saturated carbocycles. The van der Waals surface area contributed by atoms with Crippen LogP contribution in [0.15, 0.2) is 47.6 Å². The summed E-state index contributed by atoms with van der Waals surface area (Å²) < 4.78 is 13.2. The molecule has 8 heteroatoms. The SMILES string of the molecule is CCC1CCC(C2CCC(C(=O)Oc3ccc(OC(=O)C4CCC(C5CCC(CC)CC5)CC4)c(/C=N/Nc4nc5ccccc5s4)c3)CC2)CC1. The molecule has 1 aromatic heterocycles. The van der Waals surface area contributed by atoms with Crippen LogP contribution in [-0.4, -0.2) is 23.1 Å². The number of nitrogens with one attached hydrogen (secondary N) is 1. The minimum Gasteiger partial charge on any atom is -0.426 e. The van der Waals surface area contributed by atoms with Crippen molar-refractivity contribution in [3.63, 3.8) is 0 Å². The van der Waals surface area contributed by atoms with Gasteiger partial charge in [0.05, 0.1) is 28.3 Å². The maximum Gasteiger partial charge on any atom is 0.314 e. The van der Waals surface area contributed by atoms with Crippen molar-refractivity contribution in [1.82, 2.24) is 4.98 Å². The molecule has 3 aromatic rings. The van der Waals surface area contributed by atoms with E-state index in [2.05, 4.69) is 29.4 Å². The van der Waals surface area contributed by atoms with E-state index in [9.17, 15) is 9.59 Å². The number of carbonyl (C=O) groups excluding carboxylic acids is 2. The standard InChI is InChI=1S/C44H59N3O4S/c1-3-29-9-13-31(14-10-29)33-17-21-35(22-18-33)42(48)50-38-25-26-40(37(27-38)28-45-47-44-46-39-7-5-6-8-41(39)52-44)51-43(49)36-23-19-34(20-24-36)32-15-11-30(4-2)12-16-32/h5-8,25-36H,3-4,9-24H2,1-2H3,(H,46,47)/b45-28+. The van der Waals surface area contributed by atoms with Crippen molar-refractivity contribution in [3.05, 3.63) is 48.0 Å². The molecule has 0 saturated heterocycles. The fourth-order valence-corrected chi connectivity index (χ4v) is 10.9. The second-order valence-electron chi connectivity index (χ2n) is 16.5. The number of ether oxygens (including phenoxy) is 2. The largest absolute Gasteiger partial charge is 0.426 e. The Bertz CT molecular complexity index is 1620. The zero-order chi connectivity index (χ0) is 35.9. The van der Waals surface area contributed by atoms with Crippen LogP contribution < -0.4 is 14.9 Å². The lowest BCUT2D eigenvalue weighted by molar-refractivity contribution is -0.141. The van der Waals surface area contributed by atoms with Gasteiger partial charge < -0.3 is 9.47 Å². The van der Waals surface area contributed by atoms with Gasteiger partial charge in [-0.15, -0.1) is 0 Å². The monoisotopic (exact) mass is 725 g/mol. The molecule has 1 heterocycles. The van der Waals surface area contributed by atoms with E-state index in [-0.39, 0.29) is 23.8 Å². The summed E-state index contributed by atoms with van der Waals surface area (Å²) in [7, 11) is 0. The third-order valence-electron chi connectivity index (χ3n) is 13.5. The van der Waals surface area contributed by atoms with Gasteiger partial charge in [-0.05, 0) is 143 Å². The second kappa shape index (κ2) is 17.7. The van der Waals surface area contributed by atoms with Gasteiger partial charge >= 0.3 is 11.9 Å². The van der Waals surface area contributed by atoms with Crippen molar-refractivity contribution in [1.29, 1.82) is 0 Å². The van der Waals surface area contributed by atoms with Crippen LogP contribution in [0.2, 0.25) is 0 Å². The van der Waals surface area contributed by atoms with Crippen molar-refractivity contribution in [2.45, 2.75) is 129 Å². The third kappa shape index (κ3) is 9.26.